The summed E-state index contributed by atoms with van der Waals surface area (Å²) in [5, 5.41) is 0. The summed E-state index contributed by atoms with van der Waals surface area (Å²) in [6.45, 7) is 6.47. The van der Waals surface area contributed by atoms with E-state index in [-0.39, 0.29) is 5.57 Å². The molecule has 0 spiro atoms. The molecule has 0 amide bonds. The summed E-state index contributed by atoms with van der Waals surface area (Å²) in [6, 6.07) is 7.53. The standard InChI is InChI=1S/C20H26O5/c1-4-5-6-7-11-23-14-16-10-8-9-15(12-16)13-17-18(21)24-20(2,3)25-19(17)22/h8-10,12-13H,4-7,11,14H2,1-3H3. The molecular weight excluding hydrogens is 320 g/mol. The highest BCUT2D eigenvalue weighted by atomic mass is 16.7. The topological polar surface area (TPSA) is 61.8 Å². The molecule has 1 aliphatic rings. The lowest BCUT2D eigenvalue weighted by atomic mass is 10.1. The first-order valence-electron chi connectivity index (χ1n) is 8.76. The predicted octanol–water partition coefficient (Wildman–Crippen LogP) is 4.00. The van der Waals surface area contributed by atoms with E-state index in [1.54, 1.807) is 0 Å². The Labute approximate surface area is 149 Å². The maximum atomic E-state index is 12.0. The minimum absolute atomic E-state index is 0.100. The quantitative estimate of drug-likeness (QED) is 0.308. The summed E-state index contributed by atoms with van der Waals surface area (Å²) in [6.07, 6.45) is 6.17. The van der Waals surface area contributed by atoms with Crippen molar-refractivity contribution < 1.29 is 23.8 Å². The summed E-state index contributed by atoms with van der Waals surface area (Å²) < 4.78 is 15.9. The molecule has 0 unspecified atom stereocenters. The van der Waals surface area contributed by atoms with Gasteiger partial charge in [0.1, 0.15) is 5.57 Å². The van der Waals surface area contributed by atoms with E-state index in [0.717, 1.165) is 24.2 Å². The number of cyclic esters (lactones) is 2. The van der Waals surface area contributed by atoms with Crippen molar-refractivity contribution in [3.8, 4) is 0 Å². The largest absolute Gasteiger partial charge is 0.419 e. The third kappa shape index (κ3) is 6.02. The first-order chi connectivity index (χ1) is 11.9. The van der Waals surface area contributed by atoms with E-state index >= 15 is 0 Å². The van der Waals surface area contributed by atoms with Crippen molar-refractivity contribution in [2.75, 3.05) is 6.61 Å². The minimum Gasteiger partial charge on any atom is -0.419 e. The molecule has 0 atom stereocenters. The van der Waals surface area contributed by atoms with Crippen LogP contribution in [0.2, 0.25) is 0 Å². The van der Waals surface area contributed by atoms with Crippen LogP contribution in [-0.4, -0.2) is 24.3 Å². The molecule has 136 valence electrons. The van der Waals surface area contributed by atoms with Crippen LogP contribution in [0.1, 0.15) is 57.6 Å². The molecule has 1 fully saturated rings. The van der Waals surface area contributed by atoms with Crippen LogP contribution in [0.5, 0.6) is 0 Å². The van der Waals surface area contributed by atoms with Gasteiger partial charge in [-0.2, -0.15) is 0 Å². The Morgan fingerprint density at radius 1 is 1.08 bits per heavy atom. The number of esters is 2. The lowest BCUT2D eigenvalue weighted by molar-refractivity contribution is -0.222. The van der Waals surface area contributed by atoms with E-state index in [4.69, 9.17) is 14.2 Å². The molecule has 5 nitrogen and oxygen atoms in total. The number of benzene rings is 1. The van der Waals surface area contributed by atoms with Crippen LogP contribution in [0.15, 0.2) is 29.8 Å². The Morgan fingerprint density at radius 3 is 2.48 bits per heavy atom. The summed E-state index contributed by atoms with van der Waals surface area (Å²) in [4.78, 5) is 24.0. The van der Waals surface area contributed by atoms with Crippen molar-refractivity contribution in [1.82, 2.24) is 0 Å². The molecule has 1 saturated heterocycles. The zero-order valence-electron chi connectivity index (χ0n) is 15.2. The van der Waals surface area contributed by atoms with Crippen LogP contribution in [-0.2, 0) is 30.4 Å². The Balaban J connectivity index is 1.97. The van der Waals surface area contributed by atoms with E-state index in [1.807, 2.05) is 24.3 Å². The lowest BCUT2D eigenvalue weighted by Gasteiger charge is -2.29. The summed E-state index contributed by atoms with van der Waals surface area (Å²) in [7, 11) is 0. The van der Waals surface area contributed by atoms with Crippen LogP contribution in [0.25, 0.3) is 6.08 Å². The number of carbonyl (C=O) groups is 2. The van der Waals surface area contributed by atoms with Crippen molar-refractivity contribution in [2.45, 2.75) is 58.8 Å². The van der Waals surface area contributed by atoms with E-state index in [1.165, 1.54) is 39.2 Å². The molecule has 2 rings (SSSR count). The molecule has 0 aliphatic carbocycles. The van der Waals surface area contributed by atoms with Gasteiger partial charge in [-0.1, -0.05) is 44.4 Å². The number of ether oxygens (including phenoxy) is 3. The van der Waals surface area contributed by atoms with E-state index < -0.39 is 17.7 Å². The second kappa shape index (κ2) is 8.81. The van der Waals surface area contributed by atoms with Crippen LogP contribution in [0.4, 0.5) is 0 Å². The number of carbonyl (C=O) groups excluding carboxylic acids is 2. The number of unbranched alkanes of at least 4 members (excludes halogenated alkanes) is 3. The number of rotatable bonds is 8. The normalized spacial score (nSPS) is 16.4. The van der Waals surface area contributed by atoms with Crippen molar-refractivity contribution in [3.63, 3.8) is 0 Å². The van der Waals surface area contributed by atoms with Gasteiger partial charge in [-0.05, 0) is 29.7 Å². The zero-order chi connectivity index (χ0) is 18.3. The van der Waals surface area contributed by atoms with E-state index in [9.17, 15) is 9.59 Å². The molecule has 0 N–H and O–H groups in total. The molecular formula is C20H26O5. The second-order valence-corrected chi connectivity index (χ2v) is 6.60. The van der Waals surface area contributed by atoms with Gasteiger partial charge in [0.25, 0.3) is 5.79 Å². The molecule has 1 aliphatic heterocycles. The van der Waals surface area contributed by atoms with Crippen LogP contribution >= 0.6 is 0 Å². The van der Waals surface area contributed by atoms with Crippen molar-refractivity contribution in [3.05, 3.63) is 41.0 Å². The fraction of sp³-hybridized carbons (Fsp3) is 0.500. The second-order valence-electron chi connectivity index (χ2n) is 6.60. The van der Waals surface area contributed by atoms with Gasteiger partial charge in [-0.25, -0.2) is 9.59 Å². The van der Waals surface area contributed by atoms with Crippen molar-refractivity contribution >= 4 is 18.0 Å². The Bertz CT molecular complexity index is 623. The monoisotopic (exact) mass is 346 g/mol. The number of hydrogen-bond acceptors (Lipinski definition) is 5. The van der Waals surface area contributed by atoms with Gasteiger partial charge in [0, 0.05) is 20.5 Å². The highest BCUT2D eigenvalue weighted by Crippen LogP contribution is 2.24. The summed E-state index contributed by atoms with van der Waals surface area (Å²) in [5.41, 5.74) is 1.62. The Hall–Kier alpha value is -2.14. The molecule has 1 aromatic rings. The maximum Gasteiger partial charge on any atom is 0.348 e. The third-order valence-electron chi connectivity index (χ3n) is 3.79. The first-order valence-corrected chi connectivity index (χ1v) is 8.76. The van der Waals surface area contributed by atoms with Crippen LogP contribution in [0.3, 0.4) is 0 Å². The van der Waals surface area contributed by atoms with Crippen LogP contribution in [0, 0.1) is 0 Å². The lowest BCUT2D eigenvalue weighted by Crippen LogP contribution is -2.41. The number of hydrogen-bond donors (Lipinski definition) is 0. The fourth-order valence-electron chi connectivity index (χ4n) is 2.54. The fourth-order valence-corrected chi connectivity index (χ4v) is 2.54. The van der Waals surface area contributed by atoms with Gasteiger partial charge < -0.3 is 14.2 Å². The maximum absolute atomic E-state index is 12.0. The predicted molar refractivity (Wildman–Crippen MR) is 94.5 cm³/mol. The highest BCUT2D eigenvalue weighted by Gasteiger charge is 2.38. The molecule has 0 radical (unpaired) electrons. The smallest absolute Gasteiger partial charge is 0.348 e. The Morgan fingerprint density at radius 2 is 1.80 bits per heavy atom. The third-order valence-corrected chi connectivity index (χ3v) is 3.79. The van der Waals surface area contributed by atoms with Gasteiger partial charge in [0.2, 0.25) is 0 Å². The van der Waals surface area contributed by atoms with Gasteiger partial charge >= 0.3 is 11.9 Å². The van der Waals surface area contributed by atoms with Gasteiger partial charge in [0.15, 0.2) is 0 Å². The Kier molecular flexibility index (Phi) is 6.76. The molecule has 25 heavy (non-hydrogen) atoms. The first kappa shape index (κ1) is 19.2. The molecule has 1 heterocycles. The van der Waals surface area contributed by atoms with Crippen molar-refractivity contribution in [2.24, 2.45) is 0 Å². The summed E-state index contributed by atoms with van der Waals surface area (Å²) in [5.74, 6) is -2.56. The summed E-state index contributed by atoms with van der Waals surface area (Å²) >= 11 is 0. The molecule has 0 bridgehead atoms. The van der Waals surface area contributed by atoms with Crippen LogP contribution < -0.4 is 0 Å². The SMILES string of the molecule is CCCCCCOCc1cccc(C=C2C(=O)OC(C)(C)OC2=O)c1. The zero-order valence-corrected chi connectivity index (χ0v) is 15.2. The highest BCUT2D eigenvalue weighted by molar-refractivity contribution is 6.18. The van der Waals surface area contributed by atoms with Gasteiger partial charge in [-0.15, -0.1) is 0 Å². The molecule has 1 aromatic carbocycles. The van der Waals surface area contributed by atoms with E-state index in [2.05, 4.69) is 6.92 Å². The minimum atomic E-state index is -1.22. The molecule has 0 saturated carbocycles. The van der Waals surface area contributed by atoms with Gasteiger partial charge in [0.05, 0.1) is 6.61 Å². The molecule has 0 aromatic heterocycles. The average molecular weight is 346 g/mol. The average Bonchev–Trinajstić information content (AvgIpc) is 2.54. The van der Waals surface area contributed by atoms with Gasteiger partial charge in [-0.3, -0.25) is 0 Å². The van der Waals surface area contributed by atoms with Crippen molar-refractivity contribution in [1.29, 1.82) is 0 Å². The molecule has 5 heteroatoms. The van der Waals surface area contributed by atoms with E-state index in [0.29, 0.717) is 6.61 Å².